The van der Waals surface area contributed by atoms with Crippen molar-refractivity contribution in [1.29, 1.82) is 0 Å². The maximum absolute atomic E-state index is 10.2. The average molecular weight is 208 g/mol. The highest BCUT2D eigenvalue weighted by Gasteiger charge is 2.23. The van der Waals surface area contributed by atoms with E-state index in [9.17, 15) is 5.11 Å². The first-order valence-corrected chi connectivity index (χ1v) is 5.49. The molecule has 0 amide bonds. The van der Waals surface area contributed by atoms with Crippen LogP contribution < -0.4 is 0 Å². The van der Waals surface area contributed by atoms with Gasteiger partial charge >= 0.3 is 0 Å². The lowest BCUT2D eigenvalue weighted by Crippen LogP contribution is -2.27. The second kappa shape index (κ2) is 5.29. The molecule has 0 fully saturated rings. The molecule has 0 saturated carbocycles. The molecular formula is C13H20O2. The number of aryl methyl sites for hydroxylation is 1. The molecule has 0 aliphatic rings. The van der Waals surface area contributed by atoms with Crippen molar-refractivity contribution in [3.05, 3.63) is 35.4 Å². The molecule has 0 bridgehead atoms. The van der Waals surface area contributed by atoms with Crippen LogP contribution in [0, 0.1) is 0 Å². The lowest BCUT2D eigenvalue weighted by atomic mass is 9.95. The molecule has 1 aromatic rings. The molecule has 0 aromatic heterocycles. The van der Waals surface area contributed by atoms with E-state index < -0.39 is 5.60 Å². The molecule has 2 nitrogen and oxygen atoms in total. The van der Waals surface area contributed by atoms with Crippen LogP contribution in [-0.4, -0.2) is 18.3 Å². The van der Waals surface area contributed by atoms with Gasteiger partial charge in [0.05, 0.1) is 6.61 Å². The third-order valence-electron chi connectivity index (χ3n) is 2.54. The molecule has 1 unspecified atom stereocenters. The van der Waals surface area contributed by atoms with E-state index in [2.05, 4.69) is 13.0 Å². The summed E-state index contributed by atoms with van der Waals surface area (Å²) in [4.78, 5) is 0. The van der Waals surface area contributed by atoms with Crippen LogP contribution in [0.5, 0.6) is 0 Å². The molecular weight excluding hydrogens is 188 g/mol. The Kier molecular flexibility index (Phi) is 4.30. The number of hydrogen-bond acceptors (Lipinski definition) is 2. The van der Waals surface area contributed by atoms with Crippen LogP contribution >= 0.6 is 0 Å². The summed E-state index contributed by atoms with van der Waals surface area (Å²) in [5.74, 6) is 0. The van der Waals surface area contributed by atoms with Crippen molar-refractivity contribution in [3.63, 3.8) is 0 Å². The summed E-state index contributed by atoms with van der Waals surface area (Å²) in [7, 11) is 0. The molecule has 84 valence electrons. The molecule has 1 rings (SSSR count). The molecule has 1 atom stereocenters. The van der Waals surface area contributed by atoms with Crippen LogP contribution in [-0.2, 0) is 16.8 Å². The number of aliphatic hydroxyl groups is 1. The zero-order chi connectivity index (χ0) is 11.3. The summed E-state index contributed by atoms with van der Waals surface area (Å²) in [5.41, 5.74) is 1.28. The highest BCUT2D eigenvalue weighted by atomic mass is 16.5. The fourth-order valence-electron chi connectivity index (χ4n) is 1.51. The maximum atomic E-state index is 10.2. The summed E-state index contributed by atoms with van der Waals surface area (Å²) < 4.78 is 5.28. The monoisotopic (exact) mass is 208 g/mol. The molecule has 15 heavy (non-hydrogen) atoms. The van der Waals surface area contributed by atoms with Crippen LogP contribution in [0.3, 0.4) is 0 Å². The van der Waals surface area contributed by atoms with Gasteiger partial charge in [0.15, 0.2) is 0 Å². The van der Waals surface area contributed by atoms with Crippen molar-refractivity contribution in [2.75, 3.05) is 13.2 Å². The Morgan fingerprint density at radius 2 is 2.07 bits per heavy atom. The van der Waals surface area contributed by atoms with Crippen LogP contribution in [0.1, 0.15) is 31.9 Å². The molecule has 1 N–H and O–H groups in total. The van der Waals surface area contributed by atoms with Crippen molar-refractivity contribution >= 4 is 0 Å². The van der Waals surface area contributed by atoms with Gasteiger partial charge in [-0.3, -0.25) is 0 Å². The summed E-state index contributed by atoms with van der Waals surface area (Å²) in [6.45, 7) is 6.80. The fraction of sp³-hybridized carbons (Fsp3) is 0.538. The van der Waals surface area contributed by atoms with Crippen LogP contribution in [0.15, 0.2) is 24.3 Å². The van der Waals surface area contributed by atoms with Gasteiger partial charge in [-0.15, -0.1) is 0 Å². The smallest absolute Gasteiger partial charge is 0.110 e. The molecule has 1 aromatic carbocycles. The van der Waals surface area contributed by atoms with Gasteiger partial charge in [-0.1, -0.05) is 31.2 Å². The van der Waals surface area contributed by atoms with Gasteiger partial charge in [-0.25, -0.2) is 0 Å². The summed E-state index contributed by atoms with van der Waals surface area (Å²) in [6, 6.07) is 8.03. The quantitative estimate of drug-likeness (QED) is 0.805. The van der Waals surface area contributed by atoms with Crippen molar-refractivity contribution in [3.8, 4) is 0 Å². The van der Waals surface area contributed by atoms with Gasteiger partial charge in [0.25, 0.3) is 0 Å². The molecule has 0 spiro atoms. The zero-order valence-electron chi connectivity index (χ0n) is 9.79. The third kappa shape index (κ3) is 3.33. The molecule has 0 radical (unpaired) electrons. The van der Waals surface area contributed by atoms with Crippen LogP contribution in [0.25, 0.3) is 0 Å². The summed E-state index contributed by atoms with van der Waals surface area (Å²) in [6.07, 6.45) is 0.985. The van der Waals surface area contributed by atoms with E-state index in [1.807, 2.05) is 25.1 Å². The van der Waals surface area contributed by atoms with Crippen molar-refractivity contribution in [2.45, 2.75) is 32.8 Å². The largest absolute Gasteiger partial charge is 0.383 e. The van der Waals surface area contributed by atoms with E-state index in [1.165, 1.54) is 5.56 Å². The average Bonchev–Trinajstić information content (AvgIpc) is 2.26. The number of hydrogen-bond donors (Lipinski definition) is 1. The number of rotatable bonds is 5. The van der Waals surface area contributed by atoms with Crippen molar-refractivity contribution in [2.24, 2.45) is 0 Å². The predicted molar refractivity (Wildman–Crippen MR) is 61.9 cm³/mol. The second-order valence-corrected chi connectivity index (χ2v) is 3.96. The van der Waals surface area contributed by atoms with Gasteiger partial charge in [-0.2, -0.15) is 0 Å². The van der Waals surface area contributed by atoms with Gasteiger partial charge in [0, 0.05) is 6.61 Å². The second-order valence-electron chi connectivity index (χ2n) is 3.96. The third-order valence-corrected chi connectivity index (χ3v) is 2.54. The maximum Gasteiger partial charge on any atom is 0.110 e. The summed E-state index contributed by atoms with van der Waals surface area (Å²) >= 11 is 0. The summed E-state index contributed by atoms with van der Waals surface area (Å²) in [5, 5.41) is 10.2. The predicted octanol–water partition coefficient (Wildman–Crippen LogP) is 2.49. The Balaban J connectivity index is 2.83. The Hall–Kier alpha value is -0.860. The van der Waals surface area contributed by atoms with Gasteiger partial charge < -0.3 is 9.84 Å². The van der Waals surface area contributed by atoms with Crippen LogP contribution in [0.4, 0.5) is 0 Å². The minimum Gasteiger partial charge on any atom is -0.383 e. The van der Waals surface area contributed by atoms with Crippen molar-refractivity contribution in [1.82, 2.24) is 0 Å². The van der Waals surface area contributed by atoms with E-state index in [1.54, 1.807) is 6.92 Å². The Bertz CT molecular complexity index is 305. The van der Waals surface area contributed by atoms with Crippen LogP contribution in [0.2, 0.25) is 0 Å². The van der Waals surface area contributed by atoms with E-state index in [0.717, 1.165) is 12.0 Å². The van der Waals surface area contributed by atoms with E-state index in [-0.39, 0.29) is 0 Å². The molecule has 2 heteroatoms. The van der Waals surface area contributed by atoms with E-state index >= 15 is 0 Å². The Morgan fingerprint density at radius 1 is 1.33 bits per heavy atom. The standard InChI is InChI=1S/C13H20O2/c1-4-11-7-6-8-12(9-11)13(3,14)10-15-5-2/h6-9,14H,4-5,10H2,1-3H3. The van der Waals surface area contributed by atoms with Gasteiger partial charge in [0.1, 0.15) is 5.60 Å². The normalized spacial score (nSPS) is 14.9. The molecule has 0 aliphatic heterocycles. The molecule has 0 heterocycles. The van der Waals surface area contributed by atoms with E-state index in [0.29, 0.717) is 13.2 Å². The highest BCUT2D eigenvalue weighted by molar-refractivity contribution is 5.27. The SMILES string of the molecule is CCOCC(C)(O)c1cccc(CC)c1. The zero-order valence-corrected chi connectivity index (χ0v) is 9.79. The van der Waals surface area contributed by atoms with Crippen molar-refractivity contribution < 1.29 is 9.84 Å². The Morgan fingerprint density at radius 3 is 2.67 bits per heavy atom. The first-order chi connectivity index (χ1) is 7.10. The highest BCUT2D eigenvalue weighted by Crippen LogP contribution is 2.22. The van der Waals surface area contributed by atoms with Gasteiger partial charge in [-0.05, 0) is 31.4 Å². The minimum absolute atomic E-state index is 0.344. The molecule has 0 saturated heterocycles. The molecule has 0 aliphatic carbocycles. The lowest BCUT2D eigenvalue weighted by Gasteiger charge is -2.23. The Labute approximate surface area is 91.9 Å². The van der Waals surface area contributed by atoms with Gasteiger partial charge in [0.2, 0.25) is 0 Å². The number of ether oxygens (including phenoxy) is 1. The number of benzene rings is 1. The van der Waals surface area contributed by atoms with E-state index in [4.69, 9.17) is 4.74 Å². The lowest BCUT2D eigenvalue weighted by molar-refractivity contribution is -0.0343. The topological polar surface area (TPSA) is 29.5 Å². The first kappa shape index (κ1) is 12.2. The minimum atomic E-state index is -0.888. The first-order valence-electron chi connectivity index (χ1n) is 5.49. The fourth-order valence-corrected chi connectivity index (χ4v) is 1.51.